The number of carboxylic acids is 1. The highest BCUT2D eigenvalue weighted by Crippen LogP contribution is 2.33. The quantitative estimate of drug-likeness (QED) is 0.491. The summed E-state index contributed by atoms with van der Waals surface area (Å²) in [7, 11) is 1.56. The van der Waals surface area contributed by atoms with Crippen LogP contribution in [0.2, 0.25) is 0 Å². The first-order valence-electron chi connectivity index (χ1n) is 7.69. The van der Waals surface area contributed by atoms with Crippen LogP contribution < -0.4 is 0 Å². The van der Waals surface area contributed by atoms with Crippen molar-refractivity contribution in [2.45, 2.75) is 0 Å². The van der Waals surface area contributed by atoms with Gasteiger partial charge in [0.25, 0.3) is 11.6 Å². The summed E-state index contributed by atoms with van der Waals surface area (Å²) < 4.78 is 0. The second-order valence-electron chi connectivity index (χ2n) is 5.58. The third-order valence-corrected chi connectivity index (χ3v) is 4.76. The van der Waals surface area contributed by atoms with Crippen LogP contribution in [0.4, 0.5) is 11.4 Å². The molecule has 136 valence electrons. The first kappa shape index (κ1) is 18.3. The van der Waals surface area contributed by atoms with Crippen LogP contribution in [0, 0.1) is 10.1 Å². The fourth-order valence-corrected chi connectivity index (χ4v) is 3.34. The molecule has 1 amide bonds. The molecule has 0 aliphatic carbocycles. The van der Waals surface area contributed by atoms with Crippen LogP contribution in [-0.4, -0.2) is 39.0 Å². The summed E-state index contributed by atoms with van der Waals surface area (Å²) in [4.78, 5) is 39.9. The molecule has 1 fully saturated rings. The molecule has 1 heterocycles. The van der Waals surface area contributed by atoms with E-state index >= 15 is 0 Å². The molecule has 0 spiro atoms. The largest absolute Gasteiger partial charge is 0.478 e. The highest BCUT2D eigenvalue weighted by molar-refractivity contribution is 8.18. The summed E-state index contributed by atoms with van der Waals surface area (Å²) in [5.41, 5.74) is 0.977. The highest BCUT2D eigenvalue weighted by atomic mass is 32.2. The minimum atomic E-state index is -1.06. The standard InChI is InChI=1S/C18H13N3O5S/c1-20-16(22)15(9-11-4-2-7-14(8-11)21(25)26)27-18(20)19-13-6-3-5-12(10-13)17(23)24/h2-10H,1H3,(H,23,24)/b15-9+,19-18?. The molecule has 1 saturated heterocycles. The van der Waals surface area contributed by atoms with Gasteiger partial charge in [-0.25, -0.2) is 9.79 Å². The number of hydrogen-bond acceptors (Lipinski definition) is 6. The lowest BCUT2D eigenvalue weighted by molar-refractivity contribution is -0.384. The Morgan fingerprint density at radius 1 is 1.26 bits per heavy atom. The number of thioether (sulfide) groups is 1. The second-order valence-corrected chi connectivity index (χ2v) is 6.59. The minimum absolute atomic E-state index is 0.0625. The van der Waals surface area contributed by atoms with Gasteiger partial charge in [-0.3, -0.25) is 19.8 Å². The van der Waals surface area contributed by atoms with Crippen LogP contribution in [0.1, 0.15) is 15.9 Å². The number of aliphatic imine (C=N–C) groups is 1. The lowest BCUT2D eigenvalue weighted by Gasteiger charge is -2.07. The Bertz CT molecular complexity index is 1020. The van der Waals surface area contributed by atoms with Gasteiger partial charge in [-0.15, -0.1) is 0 Å². The van der Waals surface area contributed by atoms with Crippen LogP contribution in [0.15, 0.2) is 58.4 Å². The fraction of sp³-hybridized carbons (Fsp3) is 0.0556. The molecule has 0 aromatic heterocycles. The Kier molecular flexibility index (Phi) is 5.04. The molecule has 9 heteroatoms. The number of carboxylic acid groups (broad SMARTS) is 1. The normalized spacial score (nSPS) is 16.9. The first-order chi connectivity index (χ1) is 12.8. The van der Waals surface area contributed by atoms with Crippen LogP contribution in [-0.2, 0) is 4.79 Å². The van der Waals surface area contributed by atoms with Gasteiger partial charge in [-0.1, -0.05) is 18.2 Å². The zero-order valence-electron chi connectivity index (χ0n) is 14.0. The predicted molar refractivity (Wildman–Crippen MR) is 102 cm³/mol. The lowest BCUT2D eigenvalue weighted by Crippen LogP contribution is -2.23. The number of amides is 1. The minimum Gasteiger partial charge on any atom is -0.478 e. The van der Waals surface area contributed by atoms with Gasteiger partial charge < -0.3 is 5.11 Å². The third-order valence-electron chi connectivity index (χ3n) is 3.70. The van der Waals surface area contributed by atoms with Gasteiger partial charge in [-0.2, -0.15) is 0 Å². The summed E-state index contributed by atoms with van der Waals surface area (Å²) in [5.74, 6) is -1.36. The van der Waals surface area contributed by atoms with Crippen LogP contribution in [0.5, 0.6) is 0 Å². The number of likely N-dealkylation sites (N-methyl/N-ethyl adjacent to an activating group) is 1. The van der Waals surface area contributed by atoms with E-state index in [-0.39, 0.29) is 17.2 Å². The smallest absolute Gasteiger partial charge is 0.335 e. The van der Waals surface area contributed by atoms with Crippen molar-refractivity contribution in [2.24, 2.45) is 4.99 Å². The number of benzene rings is 2. The number of nitrogens with zero attached hydrogens (tertiary/aromatic N) is 3. The van der Waals surface area contributed by atoms with Crippen molar-refractivity contribution in [1.82, 2.24) is 4.90 Å². The van der Waals surface area contributed by atoms with Gasteiger partial charge in [-0.05, 0) is 41.6 Å². The van der Waals surface area contributed by atoms with Crippen molar-refractivity contribution in [3.63, 3.8) is 0 Å². The maximum atomic E-state index is 12.4. The van der Waals surface area contributed by atoms with Crippen molar-refractivity contribution in [3.8, 4) is 0 Å². The van der Waals surface area contributed by atoms with Crippen LogP contribution in [0.25, 0.3) is 6.08 Å². The zero-order valence-corrected chi connectivity index (χ0v) is 14.8. The van der Waals surface area contributed by atoms with Gasteiger partial charge in [0.05, 0.1) is 21.1 Å². The molecule has 0 saturated carbocycles. The van der Waals surface area contributed by atoms with E-state index < -0.39 is 10.9 Å². The molecule has 1 aliphatic rings. The topological polar surface area (TPSA) is 113 Å². The molecule has 0 radical (unpaired) electrons. The molecule has 3 rings (SSSR count). The molecule has 27 heavy (non-hydrogen) atoms. The number of nitro groups is 1. The van der Waals surface area contributed by atoms with Gasteiger partial charge in [0, 0.05) is 19.2 Å². The van der Waals surface area contributed by atoms with Crippen LogP contribution >= 0.6 is 11.8 Å². The van der Waals surface area contributed by atoms with Crippen molar-refractivity contribution in [3.05, 3.63) is 74.7 Å². The number of carbonyl (C=O) groups excluding carboxylic acids is 1. The second kappa shape index (κ2) is 7.42. The Hall–Kier alpha value is -3.46. The van der Waals surface area contributed by atoms with Gasteiger partial charge >= 0.3 is 5.97 Å². The van der Waals surface area contributed by atoms with Gasteiger partial charge in [0.15, 0.2) is 5.17 Å². The number of hydrogen-bond donors (Lipinski definition) is 1. The van der Waals surface area contributed by atoms with E-state index in [1.54, 1.807) is 37.4 Å². The highest BCUT2D eigenvalue weighted by Gasteiger charge is 2.30. The van der Waals surface area contributed by atoms with E-state index in [4.69, 9.17) is 5.11 Å². The molecule has 2 aromatic carbocycles. The summed E-state index contributed by atoms with van der Waals surface area (Å²) in [6.45, 7) is 0. The fourth-order valence-electron chi connectivity index (χ4n) is 2.35. The zero-order chi connectivity index (χ0) is 19.6. The molecule has 8 nitrogen and oxygen atoms in total. The van der Waals surface area contributed by atoms with Crippen molar-refractivity contribution >= 4 is 46.3 Å². The van der Waals surface area contributed by atoms with Gasteiger partial charge in [0.2, 0.25) is 0 Å². The summed E-state index contributed by atoms with van der Waals surface area (Å²) in [6.07, 6.45) is 1.56. The van der Waals surface area contributed by atoms with Crippen molar-refractivity contribution in [1.29, 1.82) is 0 Å². The average Bonchev–Trinajstić information content (AvgIpc) is 2.90. The van der Waals surface area contributed by atoms with E-state index in [2.05, 4.69) is 4.99 Å². The lowest BCUT2D eigenvalue weighted by atomic mass is 10.2. The molecular formula is C18H13N3O5S. The Morgan fingerprint density at radius 3 is 2.70 bits per heavy atom. The predicted octanol–water partition coefficient (Wildman–Crippen LogP) is 3.53. The summed E-state index contributed by atoms with van der Waals surface area (Å²) in [6, 6.07) is 12.0. The Labute approximate surface area is 158 Å². The van der Waals surface area contributed by atoms with E-state index in [1.165, 1.54) is 29.2 Å². The first-order valence-corrected chi connectivity index (χ1v) is 8.51. The molecule has 0 unspecified atom stereocenters. The van der Waals surface area contributed by atoms with E-state index in [0.29, 0.717) is 21.3 Å². The van der Waals surface area contributed by atoms with Crippen molar-refractivity contribution in [2.75, 3.05) is 7.05 Å². The molecule has 1 N–H and O–H groups in total. The molecule has 0 bridgehead atoms. The number of non-ortho nitro benzene ring substituents is 1. The van der Waals surface area contributed by atoms with E-state index in [0.717, 1.165) is 11.8 Å². The summed E-state index contributed by atoms with van der Waals surface area (Å²) >= 11 is 1.12. The van der Waals surface area contributed by atoms with Crippen LogP contribution in [0.3, 0.4) is 0 Å². The molecular weight excluding hydrogens is 370 g/mol. The number of rotatable bonds is 4. The number of aromatic carboxylic acids is 1. The average molecular weight is 383 g/mol. The monoisotopic (exact) mass is 383 g/mol. The Balaban J connectivity index is 1.91. The molecule has 2 aromatic rings. The third kappa shape index (κ3) is 4.04. The summed E-state index contributed by atoms with van der Waals surface area (Å²) in [5, 5.41) is 20.3. The van der Waals surface area contributed by atoms with Crippen molar-refractivity contribution < 1.29 is 19.6 Å². The number of amidine groups is 1. The number of carbonyl (C=O) groups is 2. The molecule has 0 atom stereocenters. The van der Waals surface area contributed by atoms with E-state index in [1.807, 2.05) is 0 Å². The number of nitro benzene ring substituents is 1. The SMILES string of the molecule is CN1C(=O)/C(=C\c2cccc([N+](=O)[O-])c2)SC1=Nc1cccc(C(=O)O)c1. The molecule has 1 aliphatic heterocycles. The van der Waals surface area contributed by atoms with Gasteiger partial charge in [0.1, 0.15) is 0 Å². The maximum Gasteiger partial charge on any atom is 0.335 e. The maximum absolute atomic E-state index is 12.4. The Morgan fingerprint density at radius 2 is 2.00 bits per heavy atom. The van der Waals surface area contributed by atoms with E-state index in [9.17, 15) is 19.7 Å².